The minimum atomic E-state index is -0.257. The Bertz CT molecular complexity index is 1040. The number of aromatic nitrogens is 1. The highest BCUT2D eigenvalue weighted by atomic mass is 16.5. The molecule has 0 aliphatic carbocycles. The predicted molar refractivity (Wildman–Crippen MR) is 106 cm³/mol. The molecule has 0 saturated carbocycles. The highest BCUT2D eigenvalue weighted by molar-refractivity contribution is 6.06. The summed E-state index contributed by atoms with van der Waals surface area (Å²) in [6, 6.07) is 16.7. The number of nitrogens with one attached hydrogen (secondary N) is 1. The van der Waals surface area contributed by atoms with E-state index in [0.29, 0.717) is 24.2 Å². The third-order valence-corrected chi connectivity index (χ3v) is 4.97. The SMILES string of the molecule is COc1cccc(N2CCN(C(=O)c3cc(=O)[nH]c4ccccc34)CC2)c1. The van der Waals surface area contributed by atoms with E-state index in [9.17, 15) is 9.59 Å². The van der Waals surface area contributed by atoms with Crippen LogP contribution in [-0.4, -0.2) is 49.1 Å². The molecule has 1 saturated heterocycles. The Kier molecular flexibility index (Phi) is 4.54. The van der Waals surface area contributed by atoms with E-state index in [1.807, 2.05) is 53.4 Å². The van der Waals surface area contributed by atoms with Crippen LogP contribution in [0, 0.1) is 0 Å². The summed E-state index contributed by atoms with van der Waals surface area (Å²) in [5, 5.41) is 0.775. The number of pyridine rings is 1. The number of rotatable bonds is 3. The van der Waals surface area contributed by atoms with Gasteiger partial charge in [-0.15, -0.1) is 0 Å². The van der Waals surface area contributed by atoms with E-state index in [0.717, 1.165) is 29.9 Å². The number of carbonyl (C=O) groups is 1. The van der Waals surface area contributed by atoms with Crippen molar-refractivity contribution in [2.75, 3.05) is 38.2 Å². The Labute approximate surface area is 157 Å². The molecule has 0 unspecified atom stereocenters. The summed E-state index contributed by atoms with van der Waals surface area (Å²) in [6.45, 7) is 2.69. The van der Waals surface area contributed by atoms with Gasteiger partial charge in [0.1, 0.15) is 5.75 Å². The first-order valence-corrected chi connectivity index (χ1v) is 8.96. The first-order valence-electron chi connectivity index (χ1n) is 8.96. The smallest absolute Gasteiger partial charge is 0.254 e. The van der Waals surface area contributed by atoms with Crippen LogP contribution in [0.5, 0.6) is 5.75 Å². The molecule has 1 aromatic heterocycles. The highest BCUT2D eigenvalue weighted by Gasteiger charge is 2.24. The van der Waals surface area contributed by atoms with Crippen molar-refractivity contribution >= 4 is 22.5 Å². The summed E-state index contributed by atoms with van der Waals surface area (Å²) in [7, 11) is 1.65. The van der Waals surface area contributed by atoms with E-state index in [4.69, 9.17) is 4.74 Å². The van der Waals surface area contributed by atoms with E-state index < -0.39 is 0 Å². The number of carbonyl (C=O) groups excluding carboxylic acids is 1. The summed E-state index contributed by atoms with van der Waals surface area (Å²) in [5.41, 5.74) is 1.97. The fraction of sp³-hybridized carbons (Fsp3) is 0.238. The average Bonchev–Trinajstić information content (AvgIpc) is 2.72. The molecular formula is C21H21N3O3. The van der Waals surface area contributed by atoms with Crippen molar-refractivity contribution in [1.29, 1.82) is 0 Å². The maximum absolute atomic E-state index is 13.0. The lowest BCUT2D eigenvalue weighted by atomic mass is 10.1. The van der Waals surface area contributed by atoms with Crippen molar-refractivity contribution in [2.24, 2.45) is 0 Å². The van der Waals surface area contributed by atoms with Crippen LogP contribution < -0.4 is 15.2 Å². The van der Waals surface area contributed by atoms with Crippen LogP contribution in [0.1, 0.15) is 10.4 Å². The van der Waals surface area contributed by atoms with Crippen LogP contribution in [0.4, 0.5) is 5.69 Å². The maximum Gasteiger partial charge on any atom is 0.254 e. The molecule has 27 heavy (non-hydrogen) atoms. The summed E-state index contributed by atoms with van der Waals surface area (Å²) in [5.74, 6) is 0.726. The minimum Gasteiger partial charge on any atom is -0.497 e. The van der Waals surface area contributed by atoms with Crippen molar-refractivity contribution in [2.45, 2.75) is 0 Å². The number of para-hydroxylation sites is 1. The van der Waals surface area contributed by atoms with Crippen molar-refractivity contribution in [3.05, 3.63) is 70.5 Å². The number of nitrogens with zero attached hydrogens (tertiary/aromatic N) is 2. The minimum absolute atomic E-state index is 0.0948. The molecule has 6 heteroatoms. The van der Waals surface area contributed by atoms with Gasteiger partial charge in [-0.1, -0.05) is 24.3 Å². The second-order valence-electron chi connectivity index (χ2n) is 6.57. The van der Waals surface area contributed by atoms with Gasteiger partial charge in [-0.2, -0.15) is 0 Å². The van der Waals surface area contributed by atoms with Crippen LogP contribution in [0.15, 0.2) is 59.4 Å². The second kappa shape index (κ2) is 7.15. The molecule has 1 amide bonds. The number of piperazine rings is 1. The van der Waals surface area contributed by atoms with Gasteiger partial charge in [0.2, 0.25) is 5.56 Å². The van der Waals surface area contributed by atoms with Gasteiger partial charge in [0, 0.05) is 54.9 Å². The van der Waals surface area contributed by atoms with Crippen LogP contribution in [-0.2, 0) is 0 Å². The normalized spacial score (nSPS) is 14.4. The zero-order chi connectivity index (χ0) is 18.8. The fourth-order valence-electron chi connectivity index (χ4n) is 3.53. The quantitative estimate of drug-likeness (QED) is 0.777. The number of hydrogen-bond donors (Lipinski definition) is 1. The lowest BCUT2D eigenvalue weighted by Gasteiger charge is -2.36. The van der Waals surface area contributed by atoms with Gasteiger partial charge in [0.05, 0.1) is 12.7 Å². The molecule has 1 aliphatic heterocycles. The Hall–Kier alpha value is -3.28. The third kappa shape index (κ3) is 3.38. The first kappa shape index (κ1) is 17.1. The number of amides is 1. The summed E-state index contributed by atoms with van der Waals surface area (Å²) < 4.78 is 5.29. The molecule has 3 aromatic rings. The van der Waals surface area contributed by atoms with Crippen LogP contribution in [0.3, 0.4) is 0 Å². The molecule has 2 aromatic carbocycles. The number of benzene rings is 2. The van der Waals surface area contributed by atoms with Crippen LogP contribution >= 0.6 is 0 Å². The molecule has 0 radical (unpaired) electrons. The first-order chi connectivity index (χ1) is 13.2. The third-order valence-electron chi connectivity index (χ3n) is 4.97. The number of methoxy groups -OCH3 is 1. The van der Waals surface area contributed by atoms with E-state index in [2.05, 4.69) is 9.88 Å². The maximum atomic E-state index is 13.0. The zero-order valence-electron chi connectivity index (χ0n) is 15.1. The molecule has 1 N–H and O–H groups in total. The molecule has 4 rings (SSSR count). The number of anilines is 1. The largest absolute Gasteiger partial charge is 0.497 e. The molecule has 0 spiro atoms. The van der Waals surface area contributed by atoms with E-state index >= 15 is 0 Å². The molecule has 1 fully saturated rings. The Morgan fingerprint density at radius 2 is 1.78 bits per heavy atom. The van der Waals surface area contributed by atoms with Crippen molar-refractivity contribution in [3.8, 4) is 5.75 Å². The summed E-state index contributed by atoms with van der Waals surface area (Å²) in [4.78, 5) is 31.8. The fourth-order valence-corrected chi connectivity index (χ4v) is 3.53. The zero-order valence-corrected chi connectivity index (χ0v) is 15.1. The average molecular weight is 363 g/mol. The molecule has 2 heterocycles. The molecule has 1 aliphatic rings. The number of fused-ring (bicyclic) bond motifs is 1. The van der Waals surface area contributed by atoms with E-state index in [1.54, 1.807) is 7.11 Å². The standard InChI is InChI=1S/C21H21N3O3/c1-27-16-6-4-5-15(13-16)23-9-11-24(12-10-23)21(26)18-14-20(25)22-19-8-3-2-7-17(18)19/h2-8,13-14H,9-12H2,1H3,(H,22,25). The van der Waals surface area contributed by atoms with E-state index in [-0.39, 0.29) is 11.5 Å². The van der Waals surface area contributed by atoms with Gasteiger partial charge in [-0.05, 0) is 18.2 Å². The van der Waals surface area contributed by atoms with Gasteiger partial charge < -0.3 is 19.5 Å². The molecule has 0 atom stereocenters. The van der Waals surface area contributed by atoms with Gasteiger partial charge in [0.25, 0.3) is 5.91 Å². The predicted octanol–water partition coefficient (Wildman–Crippen LogP) is 2.50. The second-order valence-corrected chi connectivity index (χ2v) is 6.57. The van der Waals surface area contributed by atoms with Gasteiger partial charge in [-0.25, -0.2) is 0 Å². The number of aromatic amines is 1. The van der Waals surface area contributed by atoms with Crippen LogP contribution in [0.2, 0.25) is 0 Å². The van der Waals surface area contributed by atoms with Crippen molar-refractivity contribution < 1.29 is 9.53 Å². The Morgan fingerprint density at radius 3 is 2.56 bits per heavy atom. The number of hydrogen-bond acceptors (Lipinski definition) is 4. The Morgan fingerprint density at radius 1 is 1.00 bits per heavy atom. The highest BCUT2D eigenvalue weighted by Crippen LogP contribution is 2.23. The number of ether oxygens (including phenoxy) is 1. The topological polar surface area (TPSA) is 65.6 Å². The lowest BCUT2D eigenvalue weighted by Crippen LogP contribution is -2.49. The van der Waals surface area contributed by atoms with E-state index in [1.165, 1.54) is 6.07 Å². The van der Waals surface area contributed by atoms with Gasteiger partial charge in [0.15, 0.2) is 0 Å². The molecule has 138 valence electrons. The van der Waals surface area contributed by atoms with Gasteiger partial charge in [-0.3, -0.25) is 9.59 Å². The molecule has 0 bridgehead atoms. The monoisotopic (exact) mass is 363 g/mol. The summed E-state index contributed by atoms with van der Waals surface area (Å²) >= 11 is 0. The summed E-state index contributed by atoms with van der Waals surface area (Å²) in [6.07, 6.45) is 0. The Balaban J connectivity index is 1.53. The molecular weight excluding hydrogens is 342 g/mol. The van der Waals surface area contributed by atoms with Gasteiger partial charge >= 0.3 is 0 Å². The molecule has 6 nitrogen and oxygen atoms in total. The number of H-pyrrole nitrogens is 1. The van der Waals surface area contributed by atoms with Crippen LogP contribution in [0.25, 0.3) is 10.9 Å². The van der Waals surface area contributed by atoms with Crippen molar-refractivity contribution in [1.82, 2.24) is 9.88 Å². The lowest BCUT2D eigenvalue weighted by molar-refractivity contribution is 0.0748. The van der Waals surface area contributed by atoms with Crippen molar-refractivity contribution in [3.63, 3.8) is 0 Å².